The van der Waals surface area contributed by atoms with Crippen molar-refractivity contribution in [1.82, 2.24) is 15.8 Å². The van der Waals surface area contributed by atoms with E-state index in [0.717, 1.165) is 42.0 Å². The maximum Gasteiger partial charge on any atom is 0.427 e. The number of nitriles is 1. The van der Waals surface area contributed by atoms with E-state index in [1.165, 1.54) is 23.5 Å². The van der Waals surface area contributed by atoms with Gasteiger partial charge in [-0.3, -0.25) is 5.32 Å². The minimum atomic E-state index is -4.39. The quantitative estimate of drug-likeness (QED) is 0.400. The molecule has 182 valence electrons. The molecule has 0 bridgehead atoms. The average molecular weight is 503 g/mol. The lowest BCUT2D eigenvalue weighted by atomic mass is 10.1. The summed E-state index contributed by atoms with van der Waals surface area (Å²) in [6, 6.07) is 12.0. The number of benzene rings is 2. The van der Waals surface area contributed by atoms with Gasteiger partial charge in [0.1, 0.15) is 23.5 Å². The molecule has 0 saturated carbocycles. The number of ether oxygens (including phenoxy) is 1. The van der Waals surface area contributed by atoms with Crippen LogP contribution >= 0.6 is 11.3 Å². The Hall–Kier alpha value is -3.62. The number of hydrogen-bond donors (Lipinski definition) is 2. The lowest BCUT2D eigenvalue weighted by Crippen LogP contribution is -2.23. The number of aromatic nitrogens is 1. The van der Waals surface area contributed by atoms with Crippen molar-refractivity contribution >= 4 is 17.4 Å². The predicted molar refractivity (Wildman–Crippen MR) is 122 cm³/mol. The molecule has 3 aromatic rings. The predicted octanol–water partition coefficient (Wildman–Crippen LogP) is 5.87. The molecular weight excluding hydrogens is 481 g/mol. The number of amides is 1. The maximum atomic E-state index is 12.9. The first-order valence-corrected chi connectivity index (χ1v) is 11.7. The van der Waals surface area contributed by atoms with Crippen molar-refractivity contribution in [2.24, 2.45) is 0 Å². The number of hydroxylamine groups is 1. The Morgan fingerprint density at radius 3 is 2.63 bits per heavy atom. The second kappa shape index (κ2) is 10.3. The Labute approximate surface area is 203 Å². The van der Waals surface area contributed by atoms with Crippen LogP contribution in [0.4, 0.5) is 18.0 Å². The van der Waals surface area contributed by atoms with E-state index in [0.29, 0.717) is 27.4 Å². The number of unbranched alkanes of at least 4 members (excludes halogenated alkanes) is 1. The standard InChI is InChI=1S/C24H21F3N4O3S/c1-2-3-4-19-20(35-22(29-19)14-5-7-16(8-6-14)24(25,26)27)13-33-17-9-10-18(15(11-17)12-28)21-30-23(32)34-31-21/h5-11,21,31H,2-4,13H2,1H3,(H,30,32). The van der Waals surface area contributed by atoms with E-state index in [1.807, 2.05) is 0 Å². The van der Waals surface area contributed by atoms with Crippen LogP contribution < -0.4 is 15.5 Å². The van der Waals surface area contributed by atoms with Gasteiger partial charge in [0.2, 0.25) is 0 Å². The molecule has 1 fully saturated rings. The summed E-state index contributed by atoms with van der Waals surface area (Å²) in [5.74, 6) is 0.460. The van der Waals surface area contributed by atoms with Gasteiger partial charge in [0.05, 0.1) is 27.8 Å². The monoisotopic (exact) mass is 502 g/mol. The fourth-order valence-electron chi connectivity index (χ4n) is 3.51. The topological polar surface area (TPSA) is 96.3 Å². The molecule has 2 aromatic carbocycles. The first-order valence-electron chi connectivity index (χ1n) is 10.8. The number of thiazole rings is 1. The van der Waals surface area contributed by atoms with Gasteiger partial charge in [0.15, 0.2) is 0 Å². The highest BCUT2D eigenvalue weighted by Crippen LogP contribution is 2.34. The molecule has 1 unspecified atom stereocenters. The lowest BCUT2D eigenvalue weighted by molar-refractivity contribution is -0.137. The highest BCUT2D eigenvalue weighted by atomic mass is 32.1. The number of nitrogens with zero attached hydrogens (tertiary/aromatic N) is 2. The van der Waals surface area contributed by atoms with Gasteiger partial charge in [0.25, 0.3) is 0 Å². The van der Waals surface area contributed by atoms with E-state index < -0.39 is 24.0 Å². The van der Waals surface area contributed by atoms with Crippen molar-refractivity contribution < 1.29 is 27.5 Å². The first kappa shape index (κ1) is 24.5. The Balaban J connectivity index is 1.53. The van der Waals surface area contributed by atoms with Crippen molar-refractivity contribution in [1.29, 1.82) is 5.26 Å². The summed E-state index contributed by atoms with van der Waals surface area (Å²) < 4.78 is 44.6. The second-order valence-electron chi connectivity index (χ2n) is 7.80. The van der Waals surface area contributed by atoms with Crippen LogP contribution in [0.3, 0.4) is 0 Å². The zero-order valence-electron chi connectivity index (χ0n) is 18.6. The van der Waals surface area contributed by atoms with Crippen LogP contribution in [-0.4, -0.2) is 11.1 Å². The second-order valence-corrected chi connectivity index (χ2v) is 8.89. The molecule has 7 nitrogen and oxygen atoms in total. The third-order valence-electron chi connectivity index (χ3n) is 5.36. The third-order valence-corrected chi connectivity index (χ3v) is 6.48. The Morgan fingerprint density at radius 2 is 2.00 bits per heavy atom. The number of nitrogens with one attached hydrogen (secondary N) is 2. The summed E-state index contributed by atoms with van der Waals surface area (Å²) in [7, 11) is 0. The molecule has 1 aliphatic rings. The van der Waals surface area contributed by atoms with E-state index in [2.05, 4.69) is 33.6 Å². The van der Waals surface area contributed by atoms with Crippen LogP contribution in [-0.2, 0) is 24.0 Å². The molecule has 0 spiro atoms. The first-order chi connectivity index (χ1) is 16.8. The molecule has 1 atom stereocenters. The molecule has 1 amide bonds. The van der Waals surface area contributed by atoms with Gasteiger partial charge >= 0.3 is 12.3 Å². The van der Waals surface area contributed by atoms with Crippen LogP contribution in [0.2, 0.25) is 0 Å². The van der Waals surface area contributed by atoms with Crippen molar-refractivity contribution in [3.63, 3.8) is 0 Å². The molecule has 11 heteroatoms. The molecular formula is C24H21F3N4O3S. The molecule has 0 radical (unpaired) electrons. The fraction of sp³-hybridized carbons (Fsp3) is 0.292. The molecule has 4 rings (SSSR count). The van der Waals surface area contributed by atoms with Gasteiger partial charge < -0.3 is 9.57 Å². The molecule has 35 heavy (non-hydrogen) atoms. The molecule has 2 N–H and O–H groups in total. The number of alkyl halides is 3. The summed E-state index contributed by atoms with van der Waals surface area (Å²) in [6.45, 7) is 2.26. The molecule has 1 saturated heterocycles. The van der Waals surface area contributed by atoms with E-state index in [1.54, 1.807) is 18.2 Å². The number of carbonyl (C=O) groups excluding carboxylic acids is 1. The number of hydrogen-bond acceptors (Lipinski definition) is 7. The number of carbonyl (C=O) groups is 1. The Morgan fingerprint density at radius 1 is 1.23 bits per heavy atom. The summed E-state index contributed by atoms with van der Waals surface area (Å²) in [4.78, 5) is 21.5. The van der Waals surface area contributed by atoms with Gasteiger partial charge in [0, 0.05) is 11.1 Å². The van der Waals surface area contributed by atoms with Crippen molar-refractivity contribution in [2.45, 2.75) is 45.1 Å². The molecule has 1 aromatic heterocycles. The van der Waals surface area contributed by atoms with Crippen LogP contribution in [0.5, 0.6) is 5.75 Å². The summed E-state index contributed by atoms with van der Waals surface area (Å²) in [5, 5.41) is 12.7. The van der Waals surface area contributed by atoms with Crippen LogP contribution in [0.15, 0.2) is 42.5 Å². The van der Waals surface area contributed by atoms with E-state index in [-0.39, 0.29) is 6.61 Å². The van der Waals surface area contributed by atoms with Crippen LogP contribution in [0.25, 0.3) is 10.6 Å². The van der Waals surface area contributed by atoms with Crippen molar-refractivity contribution in [3.8, 4) is 22.4 Å². The highest BCUT2D eigenvalue weighted by Gasteiger charge is 2.30. The Bertz CT molecular complexity index is 1250. The van der Waals surface area contributed by atoms with E-state index in [4.69, 9.17) is 4.74 Å². The van der Waals surface area contributed by atoms with Gasteiger partial charge in [-0.1, -0.05) is 31.5 Å². The zero-order chi connectivity index (χ0) is 25.0. The van der Waals surface area contributed by atoms with Gasteiger partial charge in [-0.15, -0.1) is 16.8 Å². The summed E-state index contributed by atoms with van der Waals surface area (Å²) >= 11 is 1.37. The average Bonchev–Trinajstić information content (AvgIpc) is 3.46. The normalized spacial score (nSPS) is 15.4. The van der Waals surface area contributed by atoms with Crippen molar-refractivity contribution in [3.05, 3.63) is 69.7 Å². The molecule has 0 aliphatic carbocycles. The number of halogens is 3. The Kier molecular flexibility index (Phi) is 7.23. The molecule has 1 aliphatic heterocycles. The van der Waals surface area contributed by atoms with Crippen LogP contribution in [0.1, 0.15) is 53.2 Å². The van der Waals surface area contributed by atoms with Gasteiger partial charge in [-0.25, -0.2) is 9.78 Å². The fourth-order valence-corrected chi connectivity index (χ4v) is 4.54. The zero-order valence-corrected chi connectivity index (χ0v) is 19.4. The van der Waals surface area contributed by atoms with E-state index in [9.17, 15) is 23.2 Å². The van der Waals surface area contributed by atoms with Gasteiger partial charge in [-0.05, 0) is 37.1 Å². The smallest absolute Gasteiger partial charge is 0.427 e. The number of aryl methyl sites for hydroxylation is 1. The highest BCUT2D eigenvalue weighted by molar-refractivity contribution is 7.15. The largest absolute Gasteiger partial charge is 0.488 e. The summed E-state index contributed by atoms with van der Waals surface area (Å²) in [5.41, 5.74) is 4.11. The van der Waals surface area contributed by atoms with E-state index >= 15 is 0 Å². The minimum Gasteiger partial charge on any atom is -0.488 e. The minimum absolute atomic E-state index is 0.198. The van der Waals surface area contributed by atoms with Crippen LogP contribution in [0, 0.1) is 11.3 Å². The number of rotatable bonds is 8. The van der Waals surface area contributed by atoms with Gasteiger partial charge in [-0.2, -0.15) is 18.4 Å². The maximum absolute atomic E-state index is 12.9. The third kappa shape index (κ3) is 5.72. The SMILES string of the molecule is CCCCc1nc(-c2ccc(C(F)(F)F)cc2)sc1COc1ccc(C2NOC(=O)N2)c(C#N)c1. The molecule has 2 heterocycles. The summed E-state index contributed by atoms with van der Waals surface area (Å²) in [6.07, 6.45) is -3.06. The lowest BCUT2D eigenvalue weighted by Gasteiger charge is -2.12. The van der Waals surface area contributed by atoms with Crippen molar-refractivity contribution in [2.75, 3.05) is 0 Å².